The molecule has 0 bridgehead atoms. The van der Waals surface area contributed by atoms with E-state index in [1.807, 2.05) is 24.3 Å². The quantitative estimate of drug-likeness (QED) is 0.818. The Balaban J connectivity index is 2.05. The summed E-state index contributed by atoms with van der Waals surface area (Å²) in [5, 5.41) is 9.83. The predicted octanol–water partition coefficient (Wildman–Crippen LogP) is 3.83. The fraction of sp³-hybridized carbons (Fsp3) is 0.471. The molecule has 0 unspecified atom stereocenters. The molecule has 0 fully saturated rings. The molecule has 0 aliphatic carbocycles. The van der Waals surface area contributed by atoms with Crippen LogP contribution >= 0.6 is 12.2 Å². The molecule has 124 valence electrons. The number of aromatic nitrogens is 3. The Hall–Kier alpha value is -1.95. The summed E-state index contributed by atoms with van der Waals surface area (Å²) in [6.45, 7) is 8.73. The molecule has 6 heteroatoms. The summed E-state index contributed by atoms with van der Waals surface area (Å²) in [7, 11) is 0. The molecule has 2 N–H and O–H groups in total. The molecule has 1 heterocycles. The van der Waals surface area contributed by atoms with Gasteiger partial charge < -0.3 is 5.32 Å². The number of hydrogen-bond acceptors (Lipinski definition) is 3. The lowest BCUT2D eigenvalue weighted by Gasteiger charge is -2.19. The number of hydrogen-bond donors (Lipinski definition) is 2. The van der Waals surface area contributed by atoms with Gasteiger partial charge in [-0.25, -0.2) is 0 Å². The lowest BCUT2D eigenvalue weighted by atomic mass is 9.87. The van der Waals surface area contributed by atoms with Crippen LogP contribution in [0.25, 0.3) is 0 Å². The van der Waals surface area contributed by atoms with Gasteiger partial charge in [-0.15, -0.1) is 0 Å². The van der Waals surface area contributed by atoms with Gasteiger partial charge in [-0.3, -0.25) is 14.5 Å². The van der Waals surface area contributed by atoms with Crippen LogP contribution in [0.1, 0.15) is 45.5 Å². The molecule has 1 amide bonds. The van der Waals surface area contributed by atoms with Gasteiger partial charge in [0.05, 0.1) is 0 Å². The number of aromatic amines is 1. The van der Waals surface area contributed by atoms with Crippen molar-refractivity contribution in [2.24, 2.45) is 0 Å². The fourth-order valence-corrected chi connectivity index (χ4v) is 2.54. The van der Waals surface area contributed by atoms with E-state index in [1.54, 1.807) is 4.57 Å². The molecular formula is C17H24N4OS. The minimum atomic E-state index is -0.108. The summed E-state index contributed by atoms with van der Waals surface area (Å²) in [5.41, 5.74) is 2.12. The SMILES string of the molecule is CCCc1n[nH]c(=S)n1CC(=O)Nc1ccc(C(C)(C)C)cc1. The van der Waals surface area contributed by atoms with Crippen LogP contribution in [0.3, 0.4) is 0 Å². The second kappa shape index (κ2) is 7.08. The van der Waals surface area contributed by atoms with E-state index in [0.29, 0.717) is 4.77 Å². The van der Waals surface area contributed by atoms with Crippen LogP contribution in [0.2, 0.25) is 0 Å². The maximum Gasteiger partial charge on any atom is 0.244 e. The third-order valence-electron chi connectivity index (χ3n) is 3.65. The van der Waals surface area contributed by atoms with Gasteiger partial charge in [0.15, 0.2) is 4.77 Å². The number of nitrogens with one attached hydrogen (secondary N) is 2. The highest BCUT2D eigenvalue weighted by molar-refractivity contribution is 7.71. The van der Waals surface area contributed by atoms with Crippen molar-refractivity contribution >= 4 is 23.8 Å². The molecule has 0 spiro atoms. The molecule has 5 nitrogen and oxygen atoms in total. The van der Waals surface area contributed by atoms with Crippen LogP contribution in [-0.2, 0) is 23.2 Å². The van der Waals surface area contributed by atoms with Crippen molar-refractivity contribution in [2.75, 3.05) is 5.32 Å². The average molecular weight is 332 g/mol. The molecule has 1 aromatic heterocycles. The number of carbonyl (C=O) groups is 1. The van der Waals surface area contributed by atoms with Gasteiger partial charge in [0.25, 0.3) is 0 Å². The van der Waals surface area contributed by atoms with Gasteiger partial charge in [-0.1, -0.05) is 39.8 Å². The topological polar surface area (TPSA) is 62.7 Å². The molecule has 0 aliphatic heterocycles. The van der Waals surface area contributed by atoms with E-state index in [4.69, 9.17) is 12.2 Å². The van der Waals surface area contributed by atoms with Crippen molar-refractivity contribution < 1.29 is 4.79 Å². The number of benzene rings is 1. The number of aryl methyl sites for hydroxylation is 1. The Morgan fingerprint density at radius 3 is 2.52 bits per heavy atom. The highest BCUT2D eigenvalue weighted by Gasteiger charge is 2.14. The molecule has 0 saturated carbocycles. The molecule has 23 heavy (non-hydrogen) atoms. The zero-order chi connectivity index (χ0) is 17.0. The smallest absolute Gasteiger partial charge is 0.244 e. The highest BCUT2D eigenvalue weighted by atomic mass is 32.1. The summed E-state index contributed by atoms with van der Waals surface area (Å²) < 4.78 is 2.23. The van der Waals surface area contributed by atoms with E-state index >= 15 is 0 Å². The second-order valence-corrected chi connectivity index (χ2v) is 7.04. The van der Waals surface area contributed by atoms with Crippen molar-refractivity contribution in [3.05, 3.63) is 40.4 Å². The maximum atomic E-state index is 12.3. The molecule has 2 aromatic rings. The average Bonchev–Trinajstić information content (AvgIpc) is 2.80. The van der Waals surface area contributed by atoms with Crippen molar-refractivity contribution in [1.82, 2.24) is 14.8 Å². The lowest BCUT2D eigenvalue weighted by Crippen LogP contribution is -2.20. The standard InChI is InChI=1S/C17H24N4OS/c1-5-6-14-19-20-16(23)21(14)11-15(22)18-13-9-7-12(8-10-13)17(2,3)4/h7-10H,5-6,11H2,1-4H3,(H,18,22)(H,20,23). The van der Waals surface area contributed by atoms with E-state index in [9.17, 15) is 4.79 Å². The first kappa shape index (κ1) is 17.4. The van der Waals surface area contributed by atoms with E-state index in [0.717, 1.165) is 24.4 Å². The molecule has 0 radical (unpaired) electrons. The summed E-state index contributed by atoms with van der Waals surface area (Å²) >= 11 is 5.19. The number of anilines is 1. The van der Waals surface area contributed by atoms with Crippen LogP contribution in [0, 0.1) is 4.77 Å². The largest absolute Gasteiger partial charge is 0.325 e. The molecule has 2 rings (SSSR count). The Bertz CT molecular complexity index is 722. The molecule has 1 aromatic carbocycles. The second-order valence-electron chi connectivity index (χ2n) is 6.66. The molecular weight excluding hydrogens is 308 g/mol. The summed E-state index contributed by atoms with van der Waals surface area (Å²) in [6.07, 6.45) is 1.75. The Labute approximate surface area is 142 Å². The zero-order valence-electron chi connectivity index (χ0n) is 14.1. The van der Waals surface area contributed by atoms with E-state index in [2.05, 4.69) is 43.2 Å². The first-order chi connectivity index (χ1) is 10.8. The normalized spacial score (nSPS) is 11.5. The van der Waals surface area contributed by atoms with Gasteiger partial charge in [0, 0.05) is 12.1 Å². The van der Waals surface area contributed by atoms with Gasteiger partial charge in [-0.2, -0.15) is 5.10 Å². The third-order valence-corrected chi connectivity index (χ3v) is 3.96. The Morgan fingerprint density at radius 1 is 1.30 bits per heavy atom. The number of carbonyl (C=O) groups excluding carboxylic acids is 1. The van der Waals surface area contributed by atoms with Crippen molar-refractivity contribution in [1.29, 1.82) is 0 Å². The van der Waals surface area contributed by atoms with Crippen molar-refractivity contribution in [3.8, 4) is 0 Å². The zero-order valence-corrected chi connectivity index (χ0v) is 15.0. The van der Waals surface area contributed by atoms with Gasteiger partial charge in [0.1, 0.15) is 12.4 Å². The van der Waals surface area contributed by atoms with Crippen molar-refractivity contribution in [3.63, 3.8) is 0 Å². The van der Waals surface area contributed by atoms with Gasteiger partial charge >= 0.3 is 0 Å². The third kappa shape index (κ3) is 4.51. The van der Waals surface area contributed by atoms with Crippen LogP contribution in [-0.4, -0.2) is 20.7 Å². The first-order valence-electron chi connectivity index (χ1n) is 7.85. The summed E-state index contributed by atoms with van der Waals surface area (Å²) in [6, 6.07) is 7.95. The van der Waals surface area contributed by atoms with Crippen LogP contribution in [0.5, 0.6) is 0 Å². The summed E-state index contributed by atoms with van der Waals surface area (Å²) in [5.74, 6) is 0.707. The predicted molar refractivity (Wildman–Crippen MR) is 95.2 cm³/mol. The summed E-state index contributed by atoms with van der Waals surface area (Å²) in [4.78, 5) is 12.3. The highest BCUT2D eigenvalue weighted by Crippen LogP contribution is 2.23. The van der Waals surface area contributed by atoms with Crippen LogP contribution < -0.4 is 5.32 Å². The Kier molecular flexibility index (Phi) is 5.36. The minimum absolute atomic E-state index is 0.0987. The molecule has 0 saturated heterocycles. The monoisotopic (exact) mass is 332 g/mol. The van der Waals surface area contributed by atoms with E-state index < -0.39 is 0 Å². The van der Waals surface area contributed by atoms with Crippen LogP contribution in [0.4, 0.5) is 5.69 Å². The lowest BCUT2D eigenvalue weighted by molar-refractivity contribution is -0.116. The van der Waals surface area contributed by atoms with Crippen LogP contribution in [0.15, 0.2) is 24.3 Å². The number of H-pyrrole nitrogens is 1. The van der Waals surface area contributed by atoms with Crippen molar-refractivity contribution in [2.45, 2.75) is 52.5 Å². The number of amides is 1. The fourth-order valence-electron chi connectivity index (χ4n) is 2.33. The van der Waals surface area contributed by atoms with Gasteiger partial charge in [0.2, 0.25) is 5.91 Å². The number of nitrogens with zero attached hydrogens (tertiary/aromatic N) is 2. The van der Waals surface area contributed by atoms with E-state index in [1.165, 1.54) is 5.56 Å². The maximum absolute atomic E-state index is 12.3. The first-order valence-corrected chi connectivity index (χ1v) is 8.26. The molecule has 0 aliphatic rings. The number of rotatable bonds is 5. The Morgan fingerprint density at radius 2 is 1.96 bits per heavy atom. The minimum Gasteiger partial charge on any atom is -0.325 e. The molecule has 0 atom stereocenters. The van der Waals surface area contributed by atoms with E-state index in [-0.39, 0.29) is 17.9 Å². The van der Waals surface area contributed by atoms with Gasteiger partial charge in [-0.05, 0) is 41.7 Å².